The highest BCUT2D eigenvalue weighted by molar-refractivity contribution is 5.87. The second kappa shape index (κ2) is 8.62. The molecule has 1 aliphatic carbocycles. The molecule has 0 bridgehead atoms. The number of benzene rings is 1. The van der Waals surface area contributed by atoms with Crippen LogP contribution >= 0.6 is 0 Å². The Balaban J connectivity index is 1.45. The fraction of sp³-hybridized carbons (Fsp3) is 0.414. The molecule has 1 saturated heterocycles. The maximum absolute atomic E-state index is 6.24. The van der Waals surface area contributed by atoms with E-state index < -0.39 is 0 Å². The van der Waals surface area contributed by atoms with Crippen molar-refractivity contribution in [1.82, 2.24) is 18.9 Å². The predicted molar refractivity (Wildman–Crippen MR) is 141 cm³/mol. The largest absolute Gasteiger partial charge is 0.370 e. The minimum absolute atomic E-state index is 0.233. The van der Waals surface area contributed by atoms with E-state index in [4.69, 9.17) is 10.7 Å². The van der Waals surface area contributed by atoms with E-state index in [0.29, 0.717) is 0 Å². The summed E-state index contributed by atoms with van der Waals surface area (Å²) < 4.78 is 4.81. The molecule has 6 rings (SSSR count). The Morgan fingerprint density at radius 1 is 1.15 bits per heavy atom. The Morgan fingerprint density at radius 3 is 2.79 bits per heavy atom. The summed E-state index contributed by atoms with van der Waals surface area (Å²) >= 11 is 0. The highest BCUT2D eigenvalue weighted by Gasteiger charge is 2.26. The number of pyridine rings is 1. The number of aromatic nitrogens is 3. The minimum Gasteiger partial charge on any atom is -0.370 e. The van der Waals surface area contributed by atoms with Crippen LogP contribution in [-0.2, 0) is 13.0 Å². The molecule has 0 radical (unpaired) electrons. The van der Waals surface area contributed by atoms with Gasteiger partial charge < -0.3 is 19.6 Å². The summed E-state index contributed by atoms with van der Waals surface area (Å²) in [5, 5.41) is 1.30. The van der Waals surface area contributed by atoms with Gasteiger partial charge in [0.05, 0.1) is 11.4 Å². The van der Waals surface area contributed by atoms with E-state index in [9.17, 15) is 0 Å². The number of hydrogen-bond donors (Lipinski definition) is 1. The molecule has 2 N–H and O–H groups in total. The molecule has 4 heterocycles. The lowest BCUT2D eigenvalue weighted by atomic mass is 10.0. The van der Waals surface area contributed by atoms with Gasteiger partial charge in [-0.05, 0) is 62.3 Å². The van der Waals surface area contributed by atoms with Crippen LogP contribution in [0.5, 0.6) is 0 Å². The van der Waals surface area contributed by atoms with Crippen molar-refractivity contribution in [2.24, 2.45) is 11.7 Å². The molecule has 1 aromatic carbocycles. The molecule has 5 heteroatoms. The molecule has 0 spiro atoms. The van der Waals surface area contributed by atoms with E-state index in [0.717, 1.165) is 73.8 Å². The van der Waals surface area contributed by atoms with E-state index in [1.54, 1.807) is 0 Å². The van der Waals surface area contributed by atoms with E-state index in [-0.39, 0.29) is 6.04 Å². The Kier molecular flexibility index (Phi) is 5.45. The topological polar surface area (TPSA) is 51.5 Å². The Labute approximate surface area is 201 Å². The summed E-state index contributed by atoms with van der Waals surface area (Å²) in [6.45, 7) is 9.67. The number of fused-ring (bicyclic) bond motifs is 2. The van der Waals surface area contributed by atoms with Crippen LogP contribution in [-0.4, -0.2) is 38.0 Å². The van der Waals surface area contributed by atoms with Gasteiger partial charge in [-0.2, -0.15) is 0 Å². The number of para-hydroxylation sites is 1. The molecule has 176 valence electrons. The second-order valence-corrected chi connectivity index (χ2v) is 10.2. The van der Waals surface area contributed by atoms with Crippen LogP contribution in [0.15, 0.2) is 55.2 Å². The number of imidazole rings is 1. The monoisotopic (exact) mass is 453 g/mol. The van der Waals surface area contributed by atoms with Gasteiger partial charge in [-0.3, -0.25) is 0 Å². The van der Waals surface area contributed by atoms with Crippen LogP contribution in [0.2, 0.25) is 0 Å². The molecule has 1 atom stereocenters. The van der Waals surface area contributed by atoms with Gasteiger partial charge in [-0.1, -0.05) is 38.1 Å². The first-order valence-electron chi connectivity index (χ1n) is 12.9. The van der Waals surface area contributed by atoms with E-state index in [1.165, 1.54) is 35.1 Å². The quantitative estimate of drug-likeness (QED) is 0.390. The summed E-state index contributed by atoms with van der Waals surface area (Å²) in [6.07, 6.45) is 9.18. The molecule has 3 aromatic heterocycles. The van der Waals surface area contributed by atoms with Crippen molar-refractivity contribution in [2.75, 3.05) is 13.1 Å². The smallest absolute Gasteiger partial charge is 0.138 e. The number of rotatable bonds is 7. The van der Waals surface area contributed by atoms with Crippen molar-refractivity contribution >= 4 is 22.2 Å². The number of aryl methyl sites for hydroxylation is 1. The molecule has 4 aromatic rings. The number of nitrogens with two attached hydrogens (primary N) is 1. The van der Waals surface area contributed by atoms with Gasteiger partial charge in [-0.25, -0.2) is 4.98 Å². The first kappa shape index (κ1) is 21.5. The lowest BCUT2D eigenvalue weighted by Crippen LogP contribution is -2.41. The summed E-state index contributed by atoms with van der Waals surface area (Å²) in [5.41, 5.74) is 14.4. The molecule has 1 saturated carbocycles. The molecule has 2 fully saturated rings. The van der Waals surface area contributed by atoms with E-state index in [2.05, 4.69) is 76.0 Å². The highest BCUT2D eigenvalue weighted by Crippen LogP contribution is 2.37. The molecular formula is C29H35N5. The molecule has 5 nitrogen and oxygen atoms in total. The van der Waals surface area contributed by atoms with Crippen LogP contribution in [0.3, 0.4) is 0 Å². The second-order valence-electron chi connectivity index (χ2n) is 10.2. The molecular weight excluding hydrogens is 418 g/mol. The number of piperidine rings is 1. The molecule has 0 amide bonds. The maximum atomic E-state index is 6.24. The summed E-state index contributed by atoms with van der Waals surface area (Å²) in [6, 6.07) is 15.7. The van der Waals surface area contributed by atoms with Crippen molar-refractivity contribution in [2.45, 2.75) is 58.0 Å². The average Bonchev–Trinajstić information content (AvgIpc) is 3.51. The third kappa shape index (κ3) is 3.82. The van der Waals surface area contributed by atoms with Gasteiger partial charge in [0, 0.05) is 54.0 Å². The molecule has 2 aliphatic rings. The summed E-state index contributed by atoms with van der Waals surface area (Å²) in [7, 11) is 0. The van der Waals surface area contributed by atoms with Gasteiger partial charge >= 0.3 is 0 Å². The van der Waals surface area contributed by atoms with Crippen molar-refractivity contribution < 1.29 is 0 Å². The van der Waals surface area contributed by atoms with Crippen LogP contribution in [0, 0.1) is 5.92 Å². The summed E-state index contributed by atoms with van der Waals surface area (Å²) in [4.78, 5) is 7.58. The molecule has 34 heavy (non-hydrogen) atoms. The third-order valence-corrected chi connectivity index (χ3v) is 7.58. The van der Waals surface area contributed by atoms with Crippen molar-refractivity contribution in [3.63, 3.8) is 0 Å². The fourth-order valence-electron chi connectivity index (χ4n) is 5.56. The average molecular weight is 454 g/mol. The highest BCUT2D eigenvalue weighted by atomic mass is 15.2. The number of nitrogens with zero attached hydrogens (tertiary/aromatic N) is 4. The van der Waals surface area contributed by atoms with Gasteiger partial charge in [-0.15, -0.1) is 0 Å². The Bertz CT molecular complexity index is 1360. The zero-order valence-corrected chi connectivity index (χ0v) is 20.2. The molecule has 1 unspecified atom stereocenters. The maximum Gasteiger partial charge on any atom is 0.138 e. The van der Waals surface area contributed by atoms with Crippen molar-refractivity contribution in [1.29, 1.82) is 0 Å². The lowest BCUT2D eigenvalue weighted by Gasteiger charge is -2.34. The molecule has 1 aliphatic heterocycles. The minimum atomic E-state index is 0.233. The fourth-order valence-corrected chi connectivity index (χ4v) is 5.56. The van der Waals surface area contributed by atoms with Crippen LogP contribution < -0.4 is 5.73 Å². The van der Waals surface area contributed by atoms with Gasteiger partial charge in [0.1, 0.15) is 11.3 Å². The standard InChI is InChI=1S/C29H35N5/c1-3-7-26-29(27-16-23-8-4-5-10-25(23)34(27)18-21-11-12-21)31-28-17-22(13-15-33(26)28)20(2)32-14-6-9-24(30)19-32/h4-5,8,10,13,15-17,21,24H,2-3,6-7,9,11-12,14,18-19,30H2,1H3. The van der Waals surface area contributed by atoms with Crippen molar-refractivity contribution in [3.05, 3.63) is 66.5 Å². The number of likely N-dealkylation sites (tertiary alicyclic amines) is 1. The summed E-state index contributed by atoms with van der Waals surface area (Å²) in [5.74, 6) is 0.798. The van der Waals surface area contributed by atoms with Gasteiger partial charge in [0.15, 0.2) is 0 Å². The first-order valence-corrected chi connectivity index (χ1v) is 12.9. The first-order chi connectivity index (χ1) is 16.6. The van der Waals surface area contributed by atoms with Crippen LogP contribution in [0.25, 0.3) is 33.6 Å². The zero-order chi connectivity index (χ0) is 23.2. The van der Waals surface area contributed by atoms with Crippen molar-refractivity contribution in [3.8, 4) is 11.4 Å². The zero-order valence-electron chi connectivity index (χ0n) is 20.2. The normalized spacial score (nSPS) is 18.8. The SMILES string of the molecule is C=C(c1ccn2c(CCC)c(-c3cc4ccccc4n3CC3CC3)nc2c1)N1CCCC(N)C1. The Hall–Kier alpha value is -3.05. The van der Waals surface area contributed by atoms with Crippen LogP contribution in [0.1, 0.15) is 50.3 Å². The third-order valence-electron chi connectivity index (χ3n) is 7.58. The van der Waals surface area contributed by atoms with Crippen LogP contribution in [0.4, 0.5) is 0 Å². The predicted octanol–water partition coefficient (Wildman–Crippen LogP) is 5.71. The Morgan fingerprint density at radius 2 is 2.00 bits per heavy atom. The van der Waals surface area contributed by atoms with Gasteiger partial charge in [0.25, 0.3) is 0 Å². The van der Waals surface area contributed by atoms with E-state index in [1.807, 2.05) is 0 Å². The van der Waals surface area contributed by atoms with Gasteiger partial charge in [0.2, 0.25) is 0 Å². The number of hydrogen-bond acceptors (Lipinski definition) is 3. The lowest BCUT2D eigenvalue weighted by molar-refractivity contribution is 0.296. The van der Waals surface area contributed by atoms with E-state index >= 15 is 0 Å².